The average Bonchev–Trinajstić information content (AvgIpc) is 2.66. The van der Waals surface area contributed by atoms with Crippen molar-refractivity contribution >= 4 is 17.6 Å². The van der Waals surface area contributed by atoms with E-state index in [1.54, 1.807) is 4.90 Å². The number of carbonyl (C=O) groups excluding carboxylic acids is 3. The summed E-state index contributed by atoms with van der Waals surface area (Å²) in [6.07, 6.45) is 7.22. The predicted octanol–water partition coefficient (Wildman–Crippen LogP) is 1.84. The number of amides is 2. The van der Waals surface area contributed by atoms with Gasteiger partial charge in [-0.2, -0.15) is 0 Å². The van der Waals surface area contributed by atoms with Gasteiger partial charge in [0.15, 0.2) is 0 Å². The minimum absolute atomic E-state index is 0.0259. The molecule has 1 N–H and O–H groups in total. The highest BCUT2D eigenvalue weighted by molar-refractivity contribution is 5.89. The monoisotopic (exact) mass is 371 g/mol. The molecule has 0 radical (unpaired) electrons. The van der Waals surface area contributed by atoms with E-state index in [-0.39, 0.29) is 36.5 Å². The van der Waals surface area contributed by atoms with Crippen LogP contribution in [0.5, 0.6) is 0 Å². The number of carbonyl (C=O) groups is 3. The van der Waals surface area contributed by atoms with Gasteiger partial charge in [-0.15, -0.1) is 0 Å². The fourth-order valence-corrected chi connectivity index (χ4v) is 3.93. The summed E-state index contributed by atoms with van der Waals surface area (Å²) >= 11 is 0. The van der Waals surface area contributed by atoms with Crippen molar-refractivity contribution in [1.29, 1.82) is 0 Å². The van der Waals surface area contributed by atoms with Gasteiger partial charge in [-0.3, -0.25) is 19.4 Å². The highest BCUT2D eigenvalue weighted by Crippen LogP contribution is 2.20. The fourth-order valence-electron chi connectivity index (χ4n) is 3.93. The summed E-state index contributed by atoms with van der Waals surface area (Å²) < 4.78 is 0. The third kappa shape index (κ3) is 5.37. The fraction of sp³-hybridized carbons (Fsp3) is 0.619. The first-order valence-electron chi connectivity index (χ1n) is 10.1. The van der Waals surface area contributed by atoms with Crippen molar-refractivity contribution in [3.63, 3.8) is 0 Å². The Morgan fingerprint density at radius 2 is 2.07 bits per heavy atom. The van der Waals surface area contributed by atoms with Gasteiger partial charge in [0.05, 0.1) is 6.54 Å². The van der Waals surface area contributed by atoms with Crippen LogP contribution in [0, 0.1) is 5.92 Å². The van der Waals surface area contributed by atoms with Crippen molar-refractivity contribution in [2.45, 2.75) is 58.3 Å². The number of pyridine rings is 1. The maximum Gasteiger partial charge on any atom is 0.223 e. The molecule has 1 aromatic heterocycles. The number of nitrogens with zero attached hydrogens (tertiary/aromatic N) is 2. The van der Waals surface area contributed by atoms with Crippen LogP contribution in [0.1, 0.15) is 56.0 Å². The molecule has 2 aliphatic rings. The molecule has 2 heterocycles. The topological polar surface area (TPSA) is 79.4 Å². The van der Waals surface area contributed by atoms with Crippen LogP contribution >= 0.6 is 0 Å². The molecule has 1 aliphatic carbocycles. The summed E-state index contributed by atoms with van der Waals surface area (Å²) in [7, 11) is 0. The minimum atomic E-state index is -0.275. The molecule has 1 atom stereocenters. The molecule has 27 heavy (non-hydrogen) atoms. The Balaban J connectivity index is 1.39. The van der Waals surface area contributed by atoms with E-state index in [0.717, 1.165) is 31.4 Å². The Morgan fingerprint density at radius 1 is 1.26 bits per heavy atom. The van der Waals surface area contributed by atoms with E-state index in [0.29, 0.717) is 19.5 Å². The van der Waals surface area contributed by atoms with E-state index in [2.05, 4.69) is 17.4 Å². The Kier molecular flexibility index (Phi) is 6.58. The smallest absolute Gasteiger partial charge is 0.223 e. The molecule has 0 saturated carbocycles. The van der Waals surface area contributed by atoms with E-state index in [9.17, 15) is 14.4 Å². The van der Waals surface area contributed by atoms with Gasteiger partial charge in [-0.05, 0) is 63.5 Å². The molecule has 1 unspecified atom stereocenters. The van der Waals surface area contributed by atoms with E-state index < -0.39 is 0 Å². The van der Waals surface area contributed by atoms with Crippen molar-refractivity contribution in [3.05, 3.63) is 29.1 Å². The third-order valence-corrected chi connectivity index (χ3v) is 5.45. The zero-order valence-electron chi connectivity index (χ0n) is 16.1. The van der Waals surface area contributed by atoms with E-state index in [1.807, 2.05) is 0 Å². The number of Topliss-reactive ketones (excluding diaryl/α,β-unsaturated/α-hetero) is 1. The van der Waals surface area contributed by atoms with E-state index in [1.165, 1.54) is 31.0 Å². The Morgan fingerprint density at radius 3 is 2.85 bits per heavy atom. The SMILES string of the molecule is CC(=O)CN1CCC(C(=O)NCCCc2ccc3c(n2)CCCC3)CC1=O. The van der Waals surface area contributed by atoms with Gasteiger partial charge in [0, 0.05) is 36.8 Å². The Bertz CT molecular complexity index is 717. The summed E-state index contributed by atoms with van der Waals surface area (Å²) in [5.41, 5.74) is 3.73. The molecule has 0 bridgehead atoms. The number of hydrogen-bond donors (Lipinski definition) is 1. The second-order valence-corrected chi connectivity index (χ2v) is 7.72. The van der Waals surface area contributed by atoms with Crippen LogP contribution in [0.4, 0.5) is 0 Å². The summed E-state index contributed by atoms with van der Waals surface area (Å²) in [4.78, 5) is 41.9. The largest absolute Gasteiger partial charge is 0.356 e. The van der Waals surface area contributed by atoms with E-state index in [4.69, 9.17) is 4.98 Å². The molecular formula is C21H29N3O3. The second-order valence-electron chi connectivity index (χ2n) is 7.72. The summed E-state index contributed by atoms with van der Waals surface area (Å²) in [5, 5.41) is 2.96. The van der Waals surface area contributed by atoms with Crippen molar-refractivity contribution < 1.29 is 14.4 Å². The van der Waals surface area contributed by atoms with Crippen LogP contribution in [0.15, 0.2) is 12.1 Å². The first-order chi connectivity index (χ1) is 13.0. The van der Waals surface area contributed by atoms with Crippen molar-refractivity contribution in [2.75, 3.05) is 19.6 Å². The zero-order valence-corrected chi connectivity index (χ0v) is 16.1. The standard InChI is InChI=1S/C21H29N3O3/c1-15(25)14-24-12-10-17(13-20(24)26)21(27)22-11-4-6-18-9-8-16-5-2-3-7-19(16)23-18/h8-9,17H,2-7,10-14H2,1H3,(H,22,27). The van der Waals surface area contributed by atoms with Crippen molar-refractivity contribution in [2.24, 2.45) is 5.92 Å². The first-order valence-corrected chi connectivity index (χ1v) is 10.1. The molecule has 1 saturated heterocycles. The number of rotatable bonds is 7. The van der Waals surface area contributed by atoms with Crippen molar-refractivity contribution in [1.82, 2.24) is 15.2 Å². The summed E-state index contributed by atoms with van der Waals surface area (Å²) in [6, 6.07) is 4.31. The third-order valence-electron chi connectivity index (χ3n) is 5.45. The average molecular weight is 371 g/mol. The maximum absolute atomic E-state index is 12.3. The number of hydrogen-bond acceptors (Lipinski definition) is 4. The van der Waals surface area contributed by atoms with Crippen LogP contribution in [0.2, 0.25) is 0 Å². The Labute approximate surface area is 160 Å². The molecule has 3 rings (SSSR count). The van der Waals surface area contributed by atoms with E-state index >= 15 is 0 Å². The normalized spacial score (nSPS) is 19.5. The van der Waals surface area contributed by atoms with Gasteiger partial charge in [-0.1, -0.05) is 6.07 Å². The minimum Gasteiger partial charge on any atom is -0.356 e. The quantitative estimate of drug-likeness (QED) is 0.742. The molecular weight excluding hydrogens is 342 g/mol. The molecule has 0 spiro atoms. The number of ketones is 1. The van der Waals surface area contributed by atoms with Crippen molar-refractivity contribution in [3.8, 4) is 0 Å². The molecule has 1 aliphatic heterocycles. The van der Waals surface area contributed by atoms with Gasteiger partial charge < -0.3 is 10.2 Å². The van der Waals surface area contributed by atoms with Crippen LogP contribution in [0.25, 0.3) is 0 Å². The predicted molar refractivity (Wildman–Crippen MR) is 102 cm³/mol. The lowest BCUT2D eigenvalue weighted by Gasteiger charge is -2.30. The highest BCUT2D eigenvalue weighted by Gasteiger charge is 2.30. The van der Waals surface area contributed by atoms with Crippen LogP contribution < -0.4 is 5.32 Å². The van der Waals surface area contributed by atoms with Crippen LogP contribution in [0.3, 0.4) is 0 Å². The molecule has 2 amide bonds. The van der Waals surface area contributed by atoms with Gasteiger partial charge in [0.2, 0.25) is 11.8 Å². The molecule has 6 nitrogen and oxygen atoms in total. The molecule has 0 aromatic carbocycles. The molecule has 146 valence electrons. The number of fused-ring (bicyclic) bond motifs is 1. The number of likely N-dealkylation sites (tertiary alicyclic amines) is 1. The summed E-state index contributed by atoms with van der Waals surface area (Å²) in [5.74, 6) is -0.455. The number of aryl methyl sites for hydroxylation is 3. The number of piperidine rings is 1. The summed E-state index contributed by atoms with van der Waals surface area (Å²) in [6.45, 7) is 2.71. The molecule has 6 heteroatoms. The van der Waals surface area contributed by atoms with Gasteiger partial charge in [0.25, 0.3) is 0 Å². The van der Waals surface area contributed by atoms with Gasteiger partial charge in [-0.25, -0.2) is 0 Å². The van der Waals surface area contributed by atoms with Gasteiger partial charge in [0.1, 0.15) is 5.78 Å². The highest BCUT2D eigenvalue weighted by atomic mass is 16.2. The molecule has 1 aromatic rings. The van der Waals surface area contributed by atoms with Gasteiger partial charge >= 0.3 is 0 Å². The zero-order chi connectivity index (χ0) is 19.2. The molecule has 1 fully saturated rings. The second kappa shape index (κ2) is 9.11. The lowest BCUT2D eigenvalue weighted by Crippen LogP contribution is -2.45. The maximum atomic E-state index is 12.3. The first kappa shape index (κ1) is 19.5. The Hall–Kier alpha value is -2.24. The van der Waals surface area contributed by atoms with Crippen LogP contribution in [-0.2, 0) is 33.6 Å². The lowest BCUT2D eigenvalue weighted by atomic mass is 9.95. The lowest BCUT2D eigenvalue weighted by molar-refractivity contribution is -0.142. The number of aromatic nitrogens is 1. The number of nitrogens with one attached hydrogen (secondary N) is 1. The van der Waals surface area contributed by atoms with Crippen LogP contribution in [-0.4, -0.2) is 47.1 Å².